The van der Waals surface area contributed by atoms with Crippen molar-refractivity contribution < 1.29 is 14.7 Å². The van der Waals surface area contributed by atoms with Gasteiger partial charge in [-0.3, -0.25) is 4.79 Å². The third kappa shape index (κ3) is 4.71. The Balaban J connectivity index is 1.65. The molecule has 0 bridgehead atoms. The highest BCUT2D eigenvalue weighted by atomic mass is 16.4. The molecular weight excluding hydrogens is 356 g/mol. The molecule has 2 N–H and O–H groups in total. The molecular formula is C21H28N4O3. The van der Waals surface area contributed by atoms with Gasteiger partial charge in [0.15, 0.2) is 0 Å². The Morgan fingerprint density at radius 2 is 2.00 bits per heavy atom. The van der Waals surface area contributed by atoms with Crippen LogP contribution in [0.2, 0.25) is 0 Å². The van der Waals surface area contributed by atoms with Crippen LogP contribution in [0, 0.1) is 18.8 Å². The van der Waals surface area contributed by atoms with Gasteiger partial charge < -0.3 is 15.3 Å². The van der Waals surface area contributed by atoms with Gasteiger partial charge in [-0.15, -0.1) is 0 Å². The minimum Gasteiger partial charge on any atom is -0.481 e. The monoisotopic (exact) mass is 384 g/mol. The van der Waals surface area contributed by atoms with E-state index in [1.165, 1.54) is 0 Å². The predicted molar refractivity (Wildman–Crippen MR) is 106 cm³/mol. The first-order valence-electron chi connectivity index (χ1n) is 9.72. The first kappa shape index (κ1) is 19.9. The van der Waals surface area contributed by atoms with Gasteiger partial charge in [0, 0.05) is 31.2 Å². The zero-order chi connectivity index (χ0) is 20.3. The van der Waals surface area contributed by atoms with E-state index in [0.717, 1.165) is 17.1 Å². The van der Waals surface area contributed by atoms with Crippen molar-refractivity contribution >= 4 is 12.0 Å². The van der Waals surface area contributed by atoms with Crippen LogP contribution in [0.5, 0.6) is 0 Å². The minimum atomic E-state index is -0.834. The summed E-state index contributed by atoms with van der Waals surface area (Å²) in [5, 5.41) is 16.9. The van der Waals surface area contributed by atoms with Gasteiger partial charge in [-0.25, -0.2) is 9.48 Å². The second-order valence-electron chi connectivity index (χ2n) is 7.86. The summed E-state index contributed by atoms with van der Waals surface area (Å²) in [5.41, 5.74) is 2.93. The van der Waals surface area contributed by atoms with E-state index in [1.54, 1.807) is 4.90 Å². The number of nitrogens with one attached hydrogen (secondary N) is 1. The van der Waals surface area contributed by atoms with E-state index < -0.39 is 11.9 Å². The number of aromatic nitrogens is 2. The van der Waals surface area contributed by atoms with E-state index in [-0.39, 0.29) is 24.5 Å². The van der Waals surface area contributed by atoms with Crippen molar-refractivity contribution in [2.45, 2.75) is 39.7 Å². The summed E-state index contributed by atoms with van der Waals surface area (Å²) < 4.78 is 1.90. The molecule has 7 heteroatoms. The first-order chi connectivity index (χ1) is 13.3. The Morgan fingerprint density at radius 3 is 2.68 bits per heavy atom. The van der Waals surface area contributed by atoms with Crippen LogP contribution in [-0.4, -0.2) is 50.9 Å². The van der Waals surface area contributed by atoms with Gasteiger partial charge in [0.1, 0.15) is 0 Å². The number of urea groups is 1. The molecule has 2 aromatic rings. The second kappa shape index (κ2) is 8.46. The fourth-order valence-electron chi connectivity index (χ4n) is 3.85. The number of carbonyl (C=O) groups is 2. The topological polar surface area (TPSA) is 87.5 Å². The molecule has 2 amide bonds. The van der Waals surface area contributed by atoms with Crippen LogP contribution < -0.4 is 5.32 Å². The quantitative estimate of drug-likeness (QED) is 0.830. The Bertz CT molecular complexity index is 833. The molecule has 0 spiro atoms. The maximum atomic E-state index is 12.7. The molecule has 1 aliphatic heterocycles. The fraction of sp³-hybridized carbons (Fsp3) is 0.476. The molecule has 0 saturated carbocycles. The largest absolute Gasteiger partial charge is 0.481 e. The Hall–Kier alpha value is -2.83. The summed E-state index contributed by atoms with van der Waals surface area (Å²) in [6, 6.07) is 11.6. The molecule has 2 heterocycles. The van der Waals surface area contributed by atoms with E-state index in [0.29, 0.717) is 19.4 Å². The minimum absolute atomic E-state index is 0.105. The number of piperidine rings is 1. The zero-order valence-corrected chi connectivity index (χ0v) is 16.6. The summed E-state index contributed by atoms with van der Waals surface area (Å²) in [7, 11) is 0. The van der Waals surface area contributed by atoms with E-state index in [4.69, 9.17) is 0 Å². The number of nitrogens with zero attached hydrogens (tertiary/aromatic N) is 3. The SMILES string of the molecule is Cc1cc(CC(C)NC(=O)N2CC(C)CC(C(=O)O)C2)n(-c2ccccc2)n1. The molecule has 0 aliphatic carbocycles. The van der Waals surface area contributed by atoms with Gasteiger partial charge in [-0.05, 0) is 44.4 Å². The van der Waals surface area contributed by atoms with Crippen molar-refractivity contribution in [2.24, 2.45) is 11.8 Å². The number of hydrogen-bond donors (Lipinski definition) is 2. The average Bonchev–Trinajstić information content (AvgIpc) is 3.01. The highest BCUT2D eigenvalue weighted by Crippen LogP contribution is 2.22. The van der Waals surface area contributed by atoms with Crippen molar-refractivity contribution in [2.75, 3.05) is 13.1 Å². The number of para-hydroxylation sites is 1. The lowest BCUT2D eigenvalue weighted by Gasteiger charge is -2.35. The summed E-state index contributed by atoms with van der Waals surface area (Å²) in [4.78, 5) is 25.6. The van der Waals surface area contributed by atoms with Crippen molar-refractivity contribution in [1.82, 2.24) is 20.0 Å². The number of amides is 2. The molecule has 3 rings (SSSR count). The lowest BCUT2D eigenvalue weighted by atomic mass is 9.91. The molecule has 1 saturated heterocycles. The first-order valence-corrected chi connectivity index (χ1v) is 9.72. The summed E-state index contributed by atoms with van der Waals surface area (Å²) in [6.07, 6.45) is 1.25. The molecule has 3 atom stereocenters. The summed E-state index contributed by atoms with van der Waals surface area (Å²) >= 11 is 0. The number of rotatable bonds is 5. The number of carboxylic acid groups (broad SMARTS) is 1. The van der Waals surface area contributed by atoms with Gasteiger partial charge in [0.25, 0.3) is 0 Å². The number of hydrogen-bond acceptors (Lipinski definition) is 3. The lowest BCUT2D eigenvalue weighted by molar-refractivity contribution is -0.143. The molecule has 7 nitrogen and oxygen atoms in total. The number of likely N-dealkylation sites (tertiary alicyclic amines) is 1. The van der Waals surface area contributed by atoms with E-state index in [9.17, 15) is 14.7 Å². The normalized spacial score (nSPS) is 20.6. The van der Waals surface area contributed by atoms with Gasteiger partial charge in [-0.1, -0.05) is 25.1 Å². The van der Waals surface area contributed by atoms with Crippen molar-refractivity contribution in [3.63, 3.8) is 0 Å². The highest BCUT2D eigenvalue weighted by molar-refractivity contribution is 5.76. The number of aliphatic carboxylic acids is 1. The lowest BCUT2D eigenvalue weighted by Crippen LogP contribution is -2.51. The standard InChI is InChI=1S/C21H28N4O3/c1-14-9-17(20(26)27)13-24(12-14)21(28)22-15(2)10-19-11-16(3)23-25(19)18-7-5-4-6-8-18/h4-8,11,14-15,17H,9-10,12-13H2,1-3H3,(H,22,28)(H,26,27). The van der Waals surface area contributed by atoms with E-state index in [2.05, 4.69) is 10.4 Å². The van der Waals surface area contributed by atoms with Crippen molar-refractivity contribution in [1.29, 1.82) is 0 Å². The molecule has 3 unspecified atom stereocenters. The summed E-state index contributed by atoms with van der Waals surface area (Å²) in [5.74, 6) is -1.15. The average molecular weight is 384 g/mol. The smallest absolute Gasteiger partial charge is 0.317 e. The molecule has 150 valence electrons. The number of carboxylic acids is 1. The van der Waals surface area contributed by atoms with Crippen LogP contribution in [0.15, 0.2) is 36.4 Å². The van der Waals surface area contributed by atoms with Crippen LogP contribution in [0.1, 0.15) is 31.7 Å². The Kier molecular flexibility index (Phi) is 6.02. The van der Waals surface area contributed by atoms with Crippen LogP contribution >= 0.6 is 0 Å². The van der Waals surface area contributed by atoms with Crippen LogP contribution in [0.25, 0.3) is 5.69 Å². The van der Waals surface area contributed by atoms with Gasteiger partial charge in [0.05, 0.1) is 17.3 Å². The summed E-state index contributed by atoms with van der Waals surface area (Å²) in [6.45, 7) is 6.74. The highest BCUT2D eigenvalue weighted by Gasteiger charge is 2.32. The van der Waals surface area contributed by atoms with Crippen molar-refractivity contribution in [3.05, 3.63) is 47.8 Å². The molecule has 1 aromatic carbocycles. The van der Waals surface area contributed by atoms with E-state index in [1.807, 2.05) is 61.9 Å². The number of carbonyl (C=O) groups excluding carboxylic acids is 1. The van der Waals surface area contributed by atoms with Crippen LogP contribution in [0.4, 0.5) is 4.79 Å². The number of aryl methyl sites for hydroxylation is 1. The molecule has 1 aliphatic rings. The van der Waals surface area contributed by atoms with Gasteiger partial charge >= 0.3 is 12.0 Å². The van der Waals surface area contributed by atoms with Crippen molar-refractivity contribution in [3.8, 4) is 5.69 Å². The predicted octanol–water partition coefficient (Wildman–Crippen LogP) is 2.86. The Morgan fingerprint density at radius 1 is 1.29 bits per heavy atom. The van der Waals surface area contributed by atoms with Crippen LogP contribution in [-0.2, 0) is 11.2 Å². The third-order valence-corrected chi connectivity index (χ3v) is 5.09. The number of benzene rings is 1. The maximum Gasteiger partial charge on any atom is 0.317 e. The molecule has 1 aromatic heterocycles. The second-order valence-corrected chi connectivity index (χ2v) is 7.86. The Labute approximate surface area is 165 Å². The molecule has 0 radical (unpaired) electrons. The molecule has 28 heavy (non-hydrogen) atoms. The maximum absolute atomic E-state index is 12.7. The van der Waals surface area contributed by atoms with E-state index >= 15 is 0 Å². The van der Waals surface area contributed by atoms with Crippen LogP contribution in [0.3, 0.4) is 0 Å². The van der Waals surface area contributed by atoms with Gasteiger partial charge in [0.2, 0.25) is 0 Å². The molecule has 1 fully saturated rings. The van der Waals surface area contributed by atoms with Gasteiger partial charge in [-0.2, -0.15) is 5.10 Å². The third-order valence-electron chi connectivity index (χ3n) is 5.09. The fourth-order valence-corrected chi connectivity index (χ4v) is 3.85. The zero-order valence-electron chi connectivity index (χ0n) is 16.6.